The number of alkyl halides is 3. The number of amides is 4. The number of carbonyl (C=O) groups excluding carboxylic acids is 3. The summed E-state index contributed by atoms with van der Waals surface area (Å²) in [6, 6.07) is 2.21. The highest BCUT2D eigenvalue weighted by atomic mass is 19.4. The summed E-state index contributed by atoms with van der Waals surface area (Å²) in [7, 11) is 0. The van der Waals surface area contributed by atoms with Gasteiger partial charge in [-0.05, 0) is 18.6 Å². The molecule has 4 amide bonds. The Morgan fingerprint density at radius 2 is 1.87 bits per heavy atom. The number of rotatable bonds is 5. The Bertz CT molecular complexity index is 1310. The Morgan fingerprint density at radius 1 is 1.11 bits per heavy atom. The number of anilines is 2. The van der Waals surface area contributed by atoms with Crippen LogP contribution >= 0.6 is 0 Å². The number of fused-ring (bicyclic) bond motifs is 1. The minimum Gasteiger partial charge on any atom is -0.491 e. The maximum absolute atomic E-state index is 15.3. The molecule has 0 aliphatic carbocycles. The van der Waals surface area contributed by atoms with Crippen molar-refractivity contribution in [3.8, 4) is 11.5 Å². The fraction of sp³-hybridized carbons (Fsp3) is 0.375. The zero-order valence-electron chi connectivity index (χ0n) is 19.6. The maximum Gasteiger partial charge on any atom is 0.573 e. The number of piperidine rings is 1. The molecular formula is C24H21F5N4O5. The molecule has 2 fully saturated rings. The third-order valence-corrected chi connectivity index (χ3v) is 6.52. The molecule has 9 nitrogen and oxygen atoms in total. The Balaban J connectivity index is 1.23. The lowest BCUT2D eigenvalue weighted by atomic mass is 9.85. The molecule has 202 valence electrons. The number of ether oxygens (including phenoxy) is 2. The number of nitrogens with zero attached hydrogens (tertiary/aromatic N) is 1. The van der Waals surface area contributed by atoms with Crippen LogP contribution in [0.5, 0.6) is 11.5 Å². The van der Waals surface area contributed by atoms with Crippen LogP contribution in [0.15, 0.2) is 24.3 Å². The van der Waals surface area contributed by atoms with Crippen LogP contribution in [0.2, 0.25) is 0 Å². The molecule has 3 heterocycles. The number of hydrogen-bond acceptors (Lipinski definition) is 6. The van der Waals surface area contributed by atoms with E-state index in [1.54, 1.807) is 4.90 Å². The number of nitrogens with one attached hydrogen (secondary N) is 3. The molecule has 3 aliphatic heterocycles. The Labute approximate surface area is 212 Å². The highest BCUT2D eigenvalue weighted by Crippen LogP contribution is 2.45. The molecule has 2 aromatic carbocycles. The number of urea groups is 1. The lowest BCUT2D eigenvalue weighted by molar-refractivity contribution is -0.274. The molecule has 14 heteroatoms. The molecule has 1 atom stereocenters. The van der Waals surface area contributed by atoms with E-state index in [-0.39, 0.29) is 31.5 Å². The van der Waals surface area contributed by atoms with Gasteiger partial charge >= 0.3 is 12.4 Å². The van der Waals surface area contributed by atoms with Crippen molar-refractivity contribution < 1.29 is 45.8 Å². The first kappa shape index (κ1) is 25.5. The van der Waals surface area contributed by atoms with E-state index in [9.17, 15) is 31.9 Å². The van der Waals surface area contributed by atoms with Crippen molar-refractivity contribution in [2.45, 2.75) is 37.6 Å². The predicted molar refractivity (Wildman–Crippen MR) is 122 cm³/mol. The third kappa shape index (κ3) is 5.15. The SMILES string of the molecule is O=C1CCC(c2c(F)cc(N3CC(NC(=O)Nc4cc(OC(F)(F)F)ccc4F)C3)c3c2CCO3)C(=O)N1. The average molecular weight is 540 g/mol. The largest absolute Gasteiger partial charge is 0.573 e. The van der Waals surface area contributed by atoms with Gasteiger partial charge in [-0.2, -0.15) is 0 Å². The van der Waals surface area contributed by atoms with E-state index in [2.05, 4.69) is 20.7 Å². The van der Waals surface area contributed by atoms with Crippen LogP contribution in [0, 0.1) is 11.6 Å². The summed E-state index contributed by atoms with van der Waals surface area (Å²) in [5.41, 5.74) is 0.741. The van der Waals surface area contributed by atoms with Gasteiger partial charge in [0, 0.05) is 49.2 Å². The van der Waals surface area contributed by atoms with Gasteiger partial charge in [0.15, 0.2) is 0 Å². The quantitative estimate of drug-likeness (QED) is 0.397. The van der Waals surface area contributed by atoms with Gasteiger partial charge < -0.3 is 25.0 Å². The lowest BCUT2D eigenvalue weighted by Crippen LogP contribution is -2.60. The van der Waals surface area contributed by atoms with Gasteiger partial charge in [-0.1, -0.05) is 0 Å². The van der Waals surface area contributed by atoms with E-state index < -0.39 is 59.2 Å². The summed E-state index contributed by atoms with van der Waals surface area (Å²) < 4.78 is 75.9. The molecule has 3 N–H and O–H groups in total. The molecule has 5 rings (SSSR count). The van der Waals surface area contributed by atoms with Crippen molar-refractivity contribution in [2.24, 2.45) is 0 Å². The summed E-state index contributed by atoms with van der Waals surface area (Å²) in [6.07, 6.45) is -4.27. The molecule has 3 aliphatic rings. The zero-order chi connectivity index (χ0) is 27.2. The van der Waals surface area contributed by atoms with Crippen LogP contribution in [0.3, 0.4) is 0 Å². The average Bonchev–Trinajstić information content (AvgIpc) is 3.27. The van der Waals surface area contributed by atoms with Crippen molar-refractivity contribution in [1.29, 1.82) is 0 Å². The molecule has 1 unspecified atom stereocenters. The first-order chi connectivity index (χ1) is 18.0. The number of carbonyl (C=O) groups is 3. The van der Waals surface area contributed by atoms with Gasteiger partial charge in [0.2, 0.25) is 11.8 Å². The number of hydrogen-bond donors (Lipinski definition) is 3. The van der Waals surface area contributed by atoms with E-state index in [0.717, 1.165) is 12.1 Å². The number of halogens is 5. The van der Waals surface area contributed by atoms with Gasteiger partial charge in [-0.3, -0.25) is 14.9 Å². The highest BCUT2D eigenvalue weighted by molar-refractivity contribution is 6.01. The van der Waals surface area contributed by atoms with Crippen molar-refractivity contribution in [3.05, 3.63) is 47.0 Å². The topological polar surface area (TPSA) is 109 Å². The van der Waals surface area contributed by atoms with Gasteiger partial charge in [0.25, 0.3) is 0 Å². The van der Waals surface area contributed by atoms with Crippen molar-refractivity contribution in [1.82, 2.24) is 10.6 Å². The summed E-state index contributed by atoms with van der Waals surface area (Å²) >= 11 is 0. The minimum absolute atomic E-state index is 0.109. The second kappa shape index (κ2) is 9.65. The van der Waals surface area contributed by atoms with E-state index in [4.69, 9.17) is 4.74 Å². The highest BCUT2D eigenvalue weighted by Gasteiger charge is 2.38. The minimum atomic E-state index is -4.98. The van der Waals surface area contributed by atoms with E-state index in [1.807, 2.05) is 0 Å². The maximum atomic E-state index is 15.3. The number of benzene rings is 2. The van der Waals surface area contributed by atoms with Gasteiger partial charge in [-0.15, -0.1) is 13.2 Å². The Morgan fingerprint density at radius 3 is 2.58 bits per heavy atom. The normalized spacial score (nSPS) is 19.3. The molecule has 0 aromatic heterocycles. The first-order valence-corrected chi connectivity index (χ1v) is 11.7. The van der Waals surface area contributed by atoms with E-state index >= 15 is 4.39 Å². The smallest absolute Gasteiger partial charge is 0.491 e. The predicted octanol–water partition coefficient (Wildman–Crippen LogP) is 3.33. The van der Waals surface area contributed by atoms with E-state index in [1.165, 1.54) is 6.07 Å². The summed E-state index contributed by atoms with van der Waals surface area (Å²) in [6.45, 7) is 0.799. The Kier molecular flexibility index (Phi) is 6.49. The second-order valence-corrected chi connectivity index (χ2v) is 9.09. The van der Waals surface area contributed by atoms with Crippen LogP contribution in [0.4, 0.5) is 38.1 Å². The van der Waals surface area contributed by atoms with Crippen molar-refractivity contribution in [3.63, 3.8) is 0 Å². The number of imide groups is 1. The molecule has 0 spiro atoms. The Hall–Kier alpha value is -4.10. The van der Waals surface area contributed by atoms with Crippen LogP contribution in [0.25, 0.3) is 0 Å². The van der Waals surface area contributed by atoms with Crippen molar-refractivity contribution >= 4 is 29.2 Å². The van der Waals surface area contributed by atoms with Crippen LogP contribution in [-0.4, -0.2) is 49.9 Å². The molecule has 0 bridgehead atoms. The van der Waals surface area contributed by atoms with Crippen LogP contribution < -0.4 is 30.3 Å². The summed E-state index contributed by atoms with van der Waals surface area (Å²) in [5, 5.41) is 6.97. The van der Waals surface area contributed by atoms with Crippen LogP contribution in [0.1, 0.15) is 29.9 Å². The zero-order valence-corrected chi connectivity index (χ0v) is 19.6. The van der Waals surface area contributed by atoms with Gasteiger partial charge in [0.1, 0.15) is 23.1 Å². The molecule has 2 saturated heterocycles. The summed E-state index contributed by atoms with van der Waals surface area (Å²) in [4.78, 5) is 37.9. The van der Waals surface area contributed by atoms with Crippen LogP contribution in [-0.2, 0) is 16.0 Å². The van der Waals surface area contributed by atoms with Gasteiger partial charge in [-0.25, -0.2) is 13.6 Å². The molecule has 38 heavy (non-hydrogen) atoms. The molecule has 2 aromatic rings. The fourth-order valence-electron chi connectivity index (χ4n) is 4.84. The molecular weight excluding hydrogens is 519 g/mol. The van der Waals surface area contributed by atoms with E-state index in [0.29, 0.717) is 36.1 Å². The van der Waals surface area contributed by atoms with Gasteiger partial charge in [0.05, 0.1) is 29.9 Å². The summed E-state index contributed by atoms with van der Waals surface area (Å²) in [5.74, 6) is -3.54. The van der Waals surface area contributed by atoms with Crippen molar-refractivity contribution in [2.75, 3.05) is 29.9 Å². The fourth-order valence-corrected chi connectivity index (χ4v) is 4.84. The monoisotopic (exact) mass is 540 g/mol. The molecule has 0 radical (unpaired) electrons. The standard InChI is InChI=1S/C24H21F5N4O5/c25-15-3-1-12(38-24(27,28)29)7-17(15)31-23(36)30-11-9-33(10-11)18-8-16(26)20(13-5-6-37-21(13)18)14-2-4-19(34)32-22(14)35/h1,3,7-8,11,14H,2,4-6,9-10H2,(H2,30,31,36)(H,32,34,35). The third-order valence-electron chi connectivity index (χ3n) is 6.52. The first-order valence-electron chi connectivity index (χ1n) is 11.7. The second-order valence-electron chi connectivity index (χ2n) is 9.09. The lowest BCUT2D eigenvalue weighted by Gasteiger charge is -2.42. The molecule has 0 saturated carbocycles.